The van der Waals surface area contributed by atoms with E-state index in [2.05, 4.69) is 9.97 Å². The number of fused-ring (bicyclic) bond motifs is 1. The Kier molecular flexibility index (Phi) is 6.84. The fraction of sp³-hybridized carbons (Fsp3) is 0.273. The number of nitrogens with one attached hydrogen (secondary N) is 1. The lowest BCUT2D eigenvalue weighted by Crippen LogP contribution is -2.35. The van der Waals surface area contributed by atoms with Crippen LogP contribution in [0.4, 0.5) is 0 Å². The molecule has 0 saturated heterocycles. The number of carbonyl (C=O) groups is 2. The first-order chi connectivity index (χ1) is 14.4. The third-order valence-electron chi connectivity index (χ3n) is 4.65. The summed E-state index contributed by atoms with van der Waals surface area (Å²) in [4.78, 5) is 45.2. The molecule has 0 fully saturated rings. The van der Waals surface area contributed by atoms with E-state index in [0.717, 1.165) is 0 Å². The summed E-state index contributed by atoms with van der Waals surface area (Å²) < 4.78 is 5.55. The summed E-state index contributed by atoms with van der Waals surface area (Å²) in [5.74, 6) is 0.666. The average Bonchev–Trinajstić information content (AvgIpc) is 2.75. The maximum Gasteiger partial charge on any atom is 0.260 e. The van der Waals surface area contributed by atoms with Crippen LogP contribution in [0.2, 0.25) is 5.02 Å². The largest absolute Gasteiger partial charge is 0.484 e. The number of Topliss-reactive ketones (excluding diaryl/α,β-unsaturated/α-hetero) is 1. The van der Waals surface area contributed by atoms with Gasteiger partial charge in [0, 0.05) is 23.6 Å². The number of H-pyrrole nitrogens is 1. The minimum atomic E-state index is -0.284. The van der Waals surface area contributed by atoms with Gasteiger partial charge < -0.3 is 14.6 Å². The second-order valence-corrected chi connectivity index (χ2v) is 7.11. The molecule has 1 N–H and O–H groups in total. The topological polar surface area (TPSA) is 92.4 Å². The number of aromatic nitrogens is 2. The quantitative estimate of drug-likeness (QED) is 0.554. The lowest BCUT2D eigenvalue weighted by molar-refractivity contribution is -0.133. The summed E-state index contributed by atoms with van der Waals surface area (Å²) in [6.07, 6.45) is 0.432. The maximum absolute atomic E-state index is 12.6. The SMILES string of the molecule is CCC(=O)c1ccc(OCC(=O)N(CC)Cc2nc3cc(Cl)ccc3c(=O)[nH]2)cc1. The zero-order valence-corrected chi connectivity index (χ0v) is 17.5. The number of hydrogen-bond donors (Lipinski definition) is 1. The predicted molar refractivity (Wildman–Crippen MR) is 115 cm³/mol. The molecule has 3 aromatic rings. The third-order valence-corrected chi connectivity index (χ3v) is 4.89. The molecule has 30 heavy (non-hydrogen) atoms. The van der Waals surface area contributed by atoms with Crippen molar-refractivity contribution in [2.45, 2.75) is 26.8 Å². The molecule has 0 aliphatic heterocycles. The lowest BCUT2D eigenvalue weighted by atomic mass is 10.1. The normalized spacial score (nSPS) is 10.8. The summed E-state index contributed by atoms with van der Waals surface area (Å²) in [5.41, 5.74) is 0.800. The number of carbonyl (C=O) groups excluding carboxylic acids is 2. The number of nitrogens with zero attached hydrogens (tertiary/aromatic N) is 2. The van der Waals surface area contributed by atoms with Gasteiger partial charge in [0.15, 0.2) is 12.4 Å². The molecule has 1 amide bonds. The highest BCUT2D eigenvalue weighted by molar-refractivity contribution is 6.31. The van der Waals surface area contributed by atoms with Crippen LogP contribution in [0.1, 0.15) is 36.5 Å². The van der Waals surface area contributed by atoms with Crippen LogP contribution in [0.3, 0.4) is 0 Å². The van der Waals surface area contributed by atoms with E-state index in [1.54, 1.807) is 49.4 Å². The van der Waals surface area contributed by atoms with Gasteiger partial charge in [-0.2, -0.15) is 0 Å². The predicted octanol–water partition coefficient (Wildman–Crippen LogP) is 3.60. The molecule has 0 saturated carbocycles. The smallest absolute Gasteiger partial charge is 0.260 e. The van der Waals surface area contributed by atoms with Gasteiger partial charge in [0.1, 0.15) is 11.6 Å². The van der Waals surface area contributed by atoms with Crippen LogP contribution in [0.15, 0.2) is 47.3 Å². The number of benzene rings is 2. The van der Waals surface area contributed by atoms with Gasteiger partial charge >= 0.3 is 0 Å². The van der Waals surface area contributed by atoms with Crippen LogP contribution < -0.4 is 10.3 Å². The minimum absolute atomic E-state index is 0.0490. The highest BCUT2D eigenvalue weighted by atomic mass is 35.5. The molecule has 1 heterocycles. The molecule has 1 aromatic heterocycles. The molecule has 3 rings (SSSR count). The van der Waals surface area contributed by atoms with E-state index in [1.165, 1.54) is 4.90 Å². The number of ketones is 1. The van der Waals surface area contributed by atoms with Crippen LogP contribution in [-0.2, 0) is 11.3 Å². The molecule has 0 unspecified atom stereocenters. The summed E-state index contributed by atoms with van der Waals surface area (Å²) in [7, 11) is 0. The Bertz CT molecular complexity index is 1130. The number of ether oxygens (including phenoxy) is 1. The molecule has 0 aliphatic carbocycles. The van der Waals surface area contributed by atoms with Crippen LogP contribution >= 0.6 is 11.6 Å². The van der Waals surface area contributed by atoms with Crippen molar-refractivity contribution in [2.75, 3.05) is 13.2 Å². The van der Waals surface area contributed by atoms with Crippen molar-refractivity contribution >= 4 is 34.2 Å². The van der Waals surface area contributed by atoms with Gasteiger partial charge in [-0.1, -0.05) is 18.5 Å². The molecule has 156 valence electrons. The Labute approximate surface area is 178 Å². The van der Waals surface area contributed by atoms with Crippen molar-refractivity contribution < 1.29 is 14.3 Å². The number of aromatic amines is 1. The number of amides is 1. The third kappa shape index (κ3) is 5.04. The van der Waals surface area contributed by atoms with Crippen molar-refractivity contribution in [3.63, 3.8) is 0 Å². The van der Waals surface area contributed by atoms with E-state index in [-0.39, 0.29) is 30.4 Å². The number of halogens is 1. The molecule has 2 aromatic carbocycles. The summed E-state index contributed by atoms with van der Waals surface area (Å²) in [6, 6.07) is 11.5. The first-order valence-corrected chi connectivity index (χ1v) is 10.0. The molecule has 7 nitrogen and oxygen atoms in total. The number of rotatable bonds is 8. The van der Waals surface area contributed by atoms with Crippen molar-refractivity contribution in [3.8, 4) is 5.75 Å². The average molecular weight is 428 g/mol. The molecule has 0 atom stereocenters. The van der Waals surface area contributed by atoms with Crippen molar-refractivity contribution in [1.82, 2.24) is 14.9 Å². The molecule has 8 heteroatoms. The molecular weight excluding hydrogens is 406 g/mol. The number of hydrogen-bond acceptors (Lipinski definition) is 5. The van der Waals surface area contributed by atoms with Gasteiger partial charge in [0.05, 0.1) is 17.4 Å². The van der Waals surface area contributed by atoms with Gasteiger partial charge in [0.2, 0.25) is 0 Å². The lowest BCUT2D eigenvalue weighted by Gasteiger charge is -2.20. The van der Waals surface area contributed by atoms with Gasteiger partial charge in [-0.3, -0.25) is 14.4 Å². The Balaban J connectivity index is 1.67. The van der Waals surface area contributed by atoms with E-state index in [9.17, 15) is 14.4 Å². The highest BCUT2D eigenvalue weighted by Crippen LogP contribution is 2.16. The van der Waals surface area contributed by atoms with E-state index >= 15 is 0 Å². The zero-order valence-electron chi connectivity index (χ0n) is 16.8. The van der Waals surface area contributed by atoms with Crippen LogP contribution in [0.5, 0.6) is 5.75 Å². The van der Waals surface area contributed by atoms with Gasteiger partial charge in [0.25, 0.3) is 11.5 Å². The monoisotopic (exact) mass is 427 g/mol. The van der Waals surface area contributed by atoms with Crippen LogP contribution in [0, 0.1) is 0 Å². The Morgan fingerprint density at radius 1 is 1.13 bits per heavy atom. The van der Waals surface area contributed by atoms with Gasteiger partial charge in [-0.05, 0) is 49.4 Å². The molecular formula is C22H22ClN3O4. The van der Waals surface area contributed by atoms with Crippen LogP contribution in [0.25, 0.3) is 10.9 Å². The van der Waals surface area contributed by atoms with Gasteiger partial charge in [-0.15, -0.1) is 0 Å². The summed E-state index contributed by atoms with van der Waals surface area (Å²) in [5, 5.41) is 0.917. The van der Waals surface area contributed by atoms with Gasteiger partial charge in [-0.25, -0.2) is 4.98 Å². The highest BCUT2D eigenvalue weighted by Gasteiger charge is 2.15. The van der Waals surface area contributed by atoms with Crippen molar-refractivity contribution in [3.05, 3.63) is 69.2 Å². The Morgan fingerprint density at radius 2 is 1.87 bits per heavy atom. The Morgan fingerprint density at radius 3 is 2.53 bits per heavy atom. The standard InChI is InChI=1S/C22H22ClN3O4/c1-3-19(27)14-5-8-16(9-6-14)30-13-21(28)26(4-2)12-20-24-18-11-15(23)7-10-17(18)22(29)25-20/h5-11H,3-4,12-13H2,1-2H3,(H,24,25,29). The Hall–Kier alpha value is -3.19. The summed E-state index contributed by atoms with van der Waals surface area (Å²) >= 11 is 5.99. The van der Waals surface area contributed by atoms with E-state index < -0.39 is 0 Å². The fourth-order valence-corrected chi connectivity index (χ4v) is 3.14. The summed E-state index contributed by atoms with van der Waals surface area (Å²) in [6.45, 7) is 4.03. The second-order valence-electron chi connectivity index (χ2n) is 6.67. The van der Waals surface area contributed by atoms with Crippen molar-refractivity contribution in [1.29, 1.82) is 0 Å². The second kappa shape index (κ2) is 9.54. The number of likely N-dealkylation sites (N-methyl/N-ethyl adjacent to an activating group) is 1. The van der Waals surface area contributed by atoms with Crippen LogP contribution in [-0.4, -0.2) is 39.7 Å². The fourth-order valence-electron chi connectivity index (χ4n) is 2.97. The van der Waals surface area contributed by atoms with E-state index in [4.69, 9.17) is 16.3 Å². The molecule has 0 spiro atoms. The minimum Gasteiger partial charge on any atom is -0.484 e. The molecule has 0 bridgehead atoms. The maximum atomic E-state index is 12.6. The molecule has 0 aliphatic rings. The molecule has 0 radical (unpaired) electrons. The first-order valence-electron chi connectivity index (χ1n) is 9.63. The first kappa shape index (κ1) is 21.5. The van der Waals surface area contributed by atoms with E-state index in [1.807, 2.05) is 6.92 Å². The van der Waals surface area contributed by atoms with E-state index in [0.29, 0.717) is 46.0 Å². The zero-order chi connectivity index (χ0) is 21.7. The van der Waals surface area contributed by atoms with Crippen molar-refractivity contribution in [2.24, 2.45) is 0 Å².